The number of carbonyl (C=O) groups is 1. The van der Waals surface area contributed by atoms with E-state index in [1.54, 1.807) is 7.05 Å². The van der Waals surface area contributed by atoms with Crippen molar-refractivity contribution < 1.29 is 9.63 Å². The Morgan fingerprint density at radius 3 is 2.45 bits per heavy atom. The van der Waals surface area contributed by atoms with E-state index in [-0.39, 0.29) is 11.8 Å². The summed E-state index contributed by atoms with van der Waals surface area (Å²) >= 11 is 0. The summed E-state index contributed by atoms with van der Waals surface area (Å²) in [5.74, 6) is 1.29. The van der Waals surface area contributed by atoms with Gasteiger partial charge in [0.15, 0.2) is 0 Å². The highest BCUT2D eigenvalue weighted by atomic mass is 16.7. The Bertz CT molecular complexity index is 306. The van der Waals surface area contributed by atoms with Gasteiger partial charge in [-0.25, -0.2) is 5.06 Å². The van der Waals surface area contributed by atoms with E-state index in [0.717, 1.165) is 12.3 Å². The maximum Gasteiger partial charge on any atom is 0.249 e. The summed E-state index contributed by atoms with van der Waals surface area (Å²) < 4.78 is 0. The average molecular weight is 281 g/mol. The molecule has 0 N–H and O–H groups in total. The topological polar surface area (TPSA) is 29.5 Å². The summed E-state index contributed by atoms with van der Waals surface area (Å²) in [4.78, 5) is 17.2. The second-order valence-corrected chi connectivity index (χ2v) is 6.32. The fourth-order valence-electron chi connectivity index (χ4n) is 2.94. The zero-order valence-corrected chi connectivity index (χ0v) is 13.6. The lowest BCUT2D eigenvalue weighted by atomic mass is 9.86. The molecule has 1 atom stereocenters. The molecule has 1 fully saturated rings. The summed E-state index contributed by atoms with van der Waals surface area (Å²) in [5.41, 5.74) is 0. The molecule has 0 aromatic heterocycles. The van der Waals surface area contributed by atoms with E-state index in [1.165, 1.54) is 50.7 Å². The summed E-state index contributed by atoms with van der Waals surface area (Å²) in [6.07, 6.45) is 13.4. The number of allylic oxidation sites excluding steroid dienone is 2. The lowest BCUT2D eigenvalue weighted by Gasteiger charge is -2.23. The van der Waals surface area contributed by atoms with E-state index in [2.05, 4.69) is 26.0 Å². The van der Waals surface area contributed by atoms with Crippen molar-refractivity contribution in [2.24, 2.45) is 17.8 Å². The number of amides is 1. The summed E-state index contributed by atoms with van der Waals surface area (Å²) in [6, 6.07) is 0. The lowest BCUT2D eigenvalue weighted by Crippen LogP contribution is -2.34. The number of hydrogen-bond acceptors (Lipinski definition) is 2. The Morgan fingerprint density at radius 1 is 1.25 bits per heavy atom. The Hall–Kier alpha value is -0.830. The molecule has 1 saturated carbocycles. The monoisotopic (exact) mass is 281 g/mol. The molecule has 3 nitrogen and oxygen atoms in total. The largest absolute Gasteiger partial charge is 0.275 e. The highest BCUT2D eigenvalue weighted by Gasteiger charge is 2.24. The van der Waals surface area contributed by atoms with Gasteiger partial charge in [0.25, 0.3) is 0 Å². The molecule has 3 heteroatoms. The third-order valence-corrected chi connectivity index (χ3v) is 4.46. The molecule has 0 unspecified atom stereocenters. The van der Waals surface area contributed by atoms with Gasteiger partial charge in [0.2, 0.25) is 5.91 Å². The molecule has 0 bridgehead atoms. The van der Waals surface area contributed by atoms with Crippen molar-refractivity contribution in [3.05, 3.63) is 12.2 Å². The van der Waals surface area contributed by atoms with Gasteiger partial charge in [-0.05, 0) is 24.7 Å². The van der Waals surface area contributed by atoms with Crippen LogP contribution in [-0.4, -0.2) is 25.1 Å². The molecule has 0 saturated heterocycles. The van der Waals surface area contributed by atoms with Crippen LogP contribution in [0.3, 0.4) is 0 Å². The molecular weight excluding hydrogens is 250 g/mol. The first kappa shape index (κ1) is 17.2. The zero-order chi connectivity index (χ0) is 15.0. The predicted molar refractivity (Wildman–Crippen MR) is 83.1 cm³/mol. The number of rotatable bonds is 7. The van der Waals surface area contributed by atoms with Crippen molar-refractivity contribution in [3.63, 3.8) is 0 Å². The van der Waals surface area contributed by atoms with Crippen LogP contribution in [0.5, 0.6) is 0 Å². The fourth-order valence-corrected chi connectivity index (χ4v) is 2.94. The van der Waals surface area contributed by atoms with Gasteiger partial charge in [-0.3, -0.25) is 9.63 Å². The molecule has 1 rings (SSSR count). The third-order valence-electron chi connectivity index (χ3n) is 4.46. The van der Waals surface area contributed by atoms with Gasteiger partial charge in [-0.15, -0.1) is 0 Å². The maximum absolute atomic E-state index is 12.2. The Morgan fingerprint density at radius 2 is 1.90 bits per heavy atom. The number of hydroxylamine groups is 2. The first-order valence-corrected chi connectivity index (χ1v) is 8.03. The van der Waals surface area contributed by atoms with Gasteiger partial charge in [-0.1, -0.05) is 58.1 Å². The van der Waals surface area contributed by atoms with E-state index in [9.17, 15) is 4.79 Å². The van der Waals surface area contributed by atoms with E-state index >= 15 is 0 Å². The molecule has 0 aromatic rings. The van der Waals surface area contributed by atoms with Crippen molar-refractivity contribution in [3.8, 4) is 0 Å². The van der Waals surface area contributed by atoms with Gasteiger partial charge < -0.3 is 0 Å². The molecule has 1 amide bonds. The minimum Gasteiger partial charge on any atom is -0.275 e. The predicted octanol–water partition coefficient (Wildman–Crippen LogP) is 4.20. The Labute approximate surface area is 124 Å². The molecular formula is C17H31NO2. The van der Waals surface area contributed by atoms with Crippen LogP contribution in [-0.2, 0) is 9.63 Å². The smallest absolute Gasteiger partial charge is 0.249 e. The van der Waals surface area contributed by atoms with E-state index in [0.29, 0.717) is 5.92 Å². The van der Waals surface area contributed by atoms with Gasteiger partial charge in [0, 0.05) is 13.0 Å². The Balaban J connectivity index is 2.39. The minimum absolute atomic E-state index is 0.0163. The first-order valence-electron chi connectivity index (χ1n) is 8.03. The second kappa shape index (κ2) is 9.17. The normalized spacial score (nSPS) is 18.6. The SMILES string of the molecule is CON(C)C(=O)[C@@H](CC=CCC1CCCCC1)C(C)C. The van der Waals surface area contributed by atoms with Gasteiger partial charge in [-0.2, -0.15) is 0 Å². The number of hydrogen-bond donors (Lipinski definition) is 0. The highest BCUT2D eigenvalue weighted by Crippen LogP contribution is 2.27. The third kappa shape index (κ3) is 5.66. The van der Waals surface area contributed by atoms with Crippen LogP contribution in [0.15, 0.2) is 12.2 Å². The fraction of sp³-hybridized carbons (Fsp3) is 0.824. The minimum atomic E-state index is 0.0163. The standard InChI is InChI=1S/C17H31NO2/c1-14(2)16(17(19)18(3)20-4)13-9-8-12-15-10-6-5-7-11-15/h8-9,14-16H,5-7,10-13H2,1-4H3/t16-/m0/s1. The van der Waals surface area contributed by atoms with Crippen molar-refractivity contribution in [1.29, 1.82) is 0 Å². The summed E-state index contributed by atoms with van der Waals surface area (Å²) in [6.45, 7) is 4.20. The van der Waals surface area contributed by atoms with E-state index < -0.39 is 0 Å². The summed E-state index contributed by atoms with van der Waals surface area (Å²) in [5, 5.41) is 1.35. The van der Waals surface area contributed by atoms with Crippen LogP contribution in [0.1, 0.15) is 58.8 Å². The van der Waals surface area contributed by atoms with Crippen molar-refractivity contribution in [1.82, 2.24) is 5.06 Å². The molecule has 20 heavy (non-hydrogen) atoms. The molecule has 1 aliphatic rings. The lowest BCUT2D eigenvalue weighted by molar-refractivity contribution is -0.174. The van der Waals surface area contributed by atoms with E-state index in [4.69, 9.17) is 4.84 Å². The van der Waals surface area contributed by atoms with Crippen molar-refractivity contribution in [2.75, 3.05) is 14.2 Å². The summed E-state index contributed by atoms with van der Waals surface area (Å²) in [7, 11) is 3.22. The average Bonchev–Trinajstić information content (AvgIpc) is 2.46. The highest BCUT2D eigenvalue weighted by molar-refractivity contribution is 5.78. The van der Waals surface area contributed by atoms with Crippen LogP contribution in [0.25, 0.3) is 0 Å². The zero-order valence-electron chi connectivity index (χ0n) is 13.6. The second-order valence-electron chi connectivity index (χ2n) is 6.32. The molecule has 116 valence electrons. The molecule has 1 aliphatic carbocycles. The molecule has 0 heterocycles. The van der Waals surface area contributed by atoms with Crippen molar-refractivity contribution >= 4 is 5.91 Å². The van der Waals surface area contributed by atoms with Crippen LogP contribution < -0.4 is 0 Å². The first-order chi connectivity index (χ1) is 9.56. The van der Waals surface area contributed by atoms with Crippen LogP contribution >= 0.6 is 0 Å². The number of nitrogens with zero attached hydrogens (tertiary/aromatic N) is 1. The molecule has 0 aliphatic heterocycles. The number of carbonyl (C=O) groups excluding carboxylic acids is 1. The van der Waals surface area contributed by atoms with E-state index in [1.807, 2.05) is 0 Å². The molecule has 0 spiro atoms. The Kier molecular flexibility index (Phi) is 7.90. The van der Waals surface area contributed by atoms with Crippen LogP contribution in [0, 0.1) is 17.8 Å². The van der Waals surface area contributed by atoms with Crippen LogP contribution in [0.2, 0.25) is 0 Å². The molecule has 0 radical (unpaired) electrons. The van der Waals surface area contributed by atoms with Crippen molar-refractivity contribution in [2.45, 2.75) is 58.8 Å². The molecule has 0 aromatic carbocycles. The van der Waals surface area contributed by atoms with Gasteiger partial charge in [0.1, 0.15) is 0 Å². The van der Waals surface area contributed by atoms with Crippen LogP contribution in [0.4, 0.5) is 0 Å². The maximum atomic E-state index is 12.2. The quantitative estimate of drug-likeness (QED) is 0.517. The van der Waals surface area contributed by atoms with Gasteiger partial charge in [0.05, 0.1) is 7.11 Å². The van der Waals surface area contributed by atoms with Gasteiger partial charge >= 0.3 is 0 Å².